The van der Waals surface area contributed by atoms with Crippen LogP contribution in [0.15, 0.2) is 0 Å². The van der Waals surface area contributed by atoms with E-state index < -0.39 is 30.1 Å². The van der Waals surface area contributed by atoms with Crippen LogP contribution in [0.1, 0.15) is 64.7 Å². The fraction of sp³-hybridized carbons (Fsp3) is 0.750. The molecule has 1 fully saturated rings. The maximum Gasteiger partial charge on any atom is 0.309 e. The van der Waals surface area contributed by atoms with Crippen LogP contribution in [0.4, 0.5) is 0 Å². The van der Waals surface area contributed by atoms with E-state index in [9.17, 15) is 24.3 Å². The standard InChI is InChI=1S/C16H24O7/c1-2-11(17)4-3-5-12(18)6-7-13-8-16(22,9-14(19)20)10-15(21)23-13/h13,22H,2-10H2,1H3,(H,19,20). The van der Waals surface area contributed by atoms with Gasteiger partial charge < -0.3 is 14.9 Å². The molecule has 7 nitrogen and oxygen atoms in total. The molecule has 0 aliphatic carbocycles. The molecule has 1 rings (SSSR count). The van der Waals surface area contributed by atoms with Crippen molar-refractivity contribution in [2.24, 2.45) is 0 Å². The monoisotopic (exact) mass is 328 g/mol. The third-order valence-corrected chi connectivity index (χ3v) is 3.91. The second-order valence-corrected chi connectivity index (χ2v) is 6.11. The molecule has 0 bridgehead atoms. The third kappa shape index (κ3) is 7.36. The Hall–Kier alpha value is -1.76. The predicted octanol–water partition coefficient (Wildman–Crippen LogP) is 1.40. The number of rotatable bonds is 10. The van der Waals surface area contributed by atoms with Gasteiger partial charge in [0.1, 0.15) is 17.7 Å². The normalized spacial score (nSPS) is 24.1. The number of Topliss-reactive ketones (excluding diaryl/α,β-unsaturated/α-hetero) is 2. The van der Waals surface area contributed by atoms with Gasteiger partial charge in [-0.1, -0.05) is 6.92 Å². The van der Waals surface area contributed by atoms with Gasteiger partial charge in [-0.05, 0) is 12.8 Å². The van der Waals surface area contributed by atoms with Crippen molar-refractivity contribution in [1.29, 1.82) is 0 Å². The number of carbonyl (C=O) groups is 4. The maximum atomic E-state index is 11.8. The minimum atomic E-state index is -1.61. The minimum Gasteiger partial charge on any atom is -0.481 e. The van der Waals surface area contributed by atoms with E-state index in [4.69, 9.17) is 9.84 Å². The van der Waals surface area contributed by atoms with Crippen LogP contribution in [0.3, 0.4) is 0 Å². The lowest BCUT2D eigenvalue weighted by Gasteiger charge is -2.34. The lowest BCUT2D eigenvalue weighted by Crippen LogP contribution is -2.44. The summed E-state index contributed by atoms with van der Waals surface area (Å²) in [7, 11) is 0. The van der Waals surface area contributed by atoms with Gasteiger partial charge in [-0.3, -0.25) is 19.2 Å². The number of aliphatic hydroxyl groups is 1. The lowest BCUT2D eigenvalue weighted by molar-refractivity contribution is -0.174. The van der Waals surface area contributed by atoms with Crippen LogP contribution in [0.25, 0.3) is 0 Å². The van der Waals surface area contributed by atoms with Gasteiger partial charge in [0.15, 0.2) is 0 Å². The van der Waals surface area contributed by atoms with Gasteiger partial charge in [0.05, 0.1) is 18.4 Å². The number of hydrogen-bond acceptors (Lipinski definition) is 6. The van der Waals surface area contributed by atoms with Crippen molar-refractivity contribution >= 4 is 23.5 Å². The quantitative estimate of drug-likeness (QED) is 0.582. The Morgan fingerprint density at radius 3 is 2.48 bits per heavy atom. The summed E-state index contributed by atoms with van der Waals surface area (Å²) in [5, 5.41) is 19.0. The molecule has 0 amide bonds. The van der Waals surface area contributed by atoms with Gasteiger partial charge in [-0.25, -0.2) is 0 Å². The number of carboxylic acid groups (broad SMARTS) is 1. The summed E-state index contributed by atoms with van der Waals surface area (Å²) in [6.45, 7) is 1.78. The number of hydrogen-bond donors (Lipinski definition) is 2. The molecule has 1 saturated heterocycles. The van der Waals surface area contributed by atoms with Gasteiger partial charge in [0.2, 0.25) is 0 Å². The van der Waals surface area contributed by atoms with E-state index in [0.717, 1.165) is 0 Å². The average molecular weight is 328 g/mol. The Morgan fingerprint density at radius 1 is 1.22 bits per heavy atom. The summed E-state index contributed by atoms with van der Waals surface area (Å²) < 4.78 is 5.08. The molecule has 23 heavy (non-hydrogen) atoms. The zero-order valence-electron chi connectivity index (χ0n) is 13.4. The smallest absolute Gasteiger partial charge is 0.309 e. The fourth-order valence-corrected chi connectivity index (χ4v) is 2.72. The number of ketones is 2. The average Bonchev–Trinajstić information content (AvgIpc) is 2.42. The highest BCUT2D eigenvalue weighted by molar-refractivity contribution is 5.81. The lowest BCUT2D eigenvalue weighted by atomic mass is 9.85. The fourth-order valence-electron chi connectivity index (χ4n) is 2.72. The third-order valence-electron chi connectivity index (χ3n) is 3.91. The second kappa shape index (κ2) is 8.76. The summed E-state index contributed by atoms with van der Waals surface area (Å²) >= 11 is 0. The van der Waals surface area contributed by atoms with E-state index in [-0.39, 0.29) is 37.2 Å². The van der Waals surface area contributed by atoms with Crippen molar-refractivity contribution in [2.75, 3.05) is 0 Å². The Labute approximate surface area is 135 Å². The molecule has 1 aliphatic heterocycles. The molecule has 2 atom stereocenters. The summed E-state index contributed by atoms with van der Waals surface area (Å²) in [6.07, 6.45) is 0.608. The molecule has 2 N–H and O–H groups in total. The molecular weight excluding hydrogens is 304 g/mol. The van der Waals surface area contributed by atoms with Crippen LogP contribution >= 0.6 is 0 Å². The number of esters is 1. The van der Waals surface area contributed by atoms with Gasteiger partial charge in [-0.2, -0.15) is 0 Å². The maximum absolute atomic E-state index is 11.8. The second-order valence-electron chi connectivity index (χ2n) is 6.11. The highest BCUT2D eigenvalue weighted by Gasteiger charge is 2.41. The van der Waals surface area contributed by atoms with Crippen molar-refractivity contribution in [3.05, 3.63) is 0 Å². The first-order valence-electron chi connectivity index (χ1n) is 7.91. The Bertz CT molecular complexity index is 467. The molecule has 1 aliphatic rings. The molecule has 0 radical (unpaired) electrons. The number of carbonyl (C=O) groups excluding carboxylic acids is 3. The van der Waals surface area contributed by atoms with Crippen molar-refractivity contribution < 1.29 is 34.1 Å². The molecule has 7 heteroatoms. The van der Waals surface area contributed by atoms with Crippen molar-refractivity contribution in [3.8, 4) is 0 Å². The topological polar surface area (TPSA) is 118 Å². The number of carboxylic acids is 1. The van der Waals surface area contributed by atoms with Gasteiger partial charge in [-0.15, -0.1) is 0 Å². The van der Waals surface area contributed by atoms with Crippen LogP contribution in [0.5, 0.6) is 0 Å². The SMILES string of the molecule is CCC(=O)CCCC(=O)CCC1CC(O)(CC(=O)O)CC(=O)O1. The summed E-state index contributed by atoms with van der Waals surface area (Å²) in [4.78, 5) is 45.2. The number of cyclic esters (lactones) is 1. The van der Waals surface area contributed by atoms with Crippen LogP contribution in [0.2, 0.25) is 0 Å². The Morgan fingerprint density at radius 2 is 1.87 bits per heavy atom. The summed E-state index contributed by atoms with van der Waals surface area (Å²) in [5.41, 5.74) is -1.61. The van der Waals surface area contributed by atoms with Crippen LogP contribution in [0, 0.1) is 0 Å². The van der Waals surface area contributed by atoms with Crippen molar-refractivity contribution in [2.45, 2.75) is 76.4 Å². The Balaban J connectivity index is 2.38. The van der Waals surface area contributed by atoms with Crippen molar-refractivity contribution in [3.63, 3.8) is 0 Å². The first-order valence-corrected chi connectivity index (χ1v) is 7.91. The first-order chi connectivity index (χ1) is 10.7. The number of aliphatic carboxylic acids is 1. The van der Waals surface area contributed by atoms with Gasteiger partial charge >= 0.3 is 11.9 Å². The molecule has 0 aromatic rings. The van der Waals surface area contributed by atoms with E-state index in [1.165, 1.54) is 0 Å². The highest BCUT2D eigenvalue weighted by atomic mass is 16.5. The number of ether oxygens (including phenoxy) is 1. The van der Waals surface area contributed by atoms with E-state index in [2.05, 4.69) is 0 Å². The molecule has 0 spiro atoms. The zero-order valence-corrected chi connectivity index (χ0v) is 13.4. The first kappa shape index (κ1) is 19.3. The molecule has 0 aromatic heterocycles. The molecule has 130 valence electrons. The molecule has 2 unspecified atom stereocenters. The van der Waals surface area contributed by atoms with E-state index in [1.54, 1.807) is 6.92 Å². The van der Waals surface area contributed by atoms with Crippen molar-refractivity contribution in [1.82, 2.24) is 0 Å². The Kier molecular flexibility index (Phi) is 7.35. The van der Waals surface area contributed by atoms with Crippen LogP contribution in [-0.2, 0) is 23.9 Å². The molecule has 1 heterocycles. The van der Waals surface area contributed by atoms with Crippen LogP contribution < -0.4 is 0 Å². The van der Waals surface area contributed by atoms with E-state index in [1.807, 2.05) is 0 Å². The van der Waals surface area contributed by atoms with Crippen LogP contribution in [-0.4, -0.2) is 45.4 Å². The molecule has 0 aromatic carbocycles. The van der Waals surface area contributed by atoms with E-state index >= 15 is 0 Å². The van der Waals surface area contributed by atoms with Gasteiger partial charge in [0.25, 0.3) is 0 Å². The predicted molar refractivity (Wildman–Crippen MR) is 79.7 cm³/mol. The largest absolute Gasteiger partial charge is 0.481 e. The molecular formula is C16H24O7. The zero-order chi connectivity index (χ0) is 17.5. The molecule has 0 saturated carbocycles. The van der Waals surface area contributed by atoms with Gasteiger partial charge in [0, 0.05) is 32.1 Å². The highest BCUT2D eigenvalue weighted by Crippen LogP contribution is 2.30. The minimum absolute atomic E-state index is 0.0205. The summed E-state index contributed by atoms with van der Waals surface area (Å²) in [5.74, 6) is -1.74. The summed E-state index contributed by atoms with van der Waals surface area (Å²) in [6, 6.07) is 0. The van der Waals surface area contributed by atoms with E-state index in [0.29, 0.717) is 25.7 Å².